The molecule has 0 unspecified atom stereocenters. The highest BCUT2D eigenvalue weighted by atomic mass is 16.6. The van der Waals surface area contributed by atoms with E-state index in [9.17, 15) is 4.79 Å². The van der Waals surface area contributed by atoms with Gasteiger partial charge in [-0.25, -0.2) is 0 Å². The largest absolute Gasteiger partial charge is 0.460 e. The number of cyclic esters (lactones) is 1. The second kappa shape index (κ2) is 5.22. The fourth-order valence-corrected chi connectivity index (χ4v) is 1.38. The summed E-state index contributed by atoms with van der Waals surface area (Å²) in [6.45, 7) is 5.37. The Hall–Kier alpha value is -0.570. The van der Waals surface area contributed by atoms with Crippen LogP contribution in [0.4, 0.5) is 0 Å². The molecule has 0 aromatic rings. The van der Waals surface area contributed by atoms with E-state index in [1.165, 1.54) is 0 Å². The lowest BCUT2D eigenvalue weighted by atomic mass is 10.1. The van der Waals surface area contributed by atoms with Gasteiger partial charge in [0.2, 0.25) is 0 Å². The summed E-state index contributed by atoms with van der Waals surface area (Å²) in [7, 11) is 0. The molecule has 0 amide bonds. The van der Waals surface area contributed by atoms with E-state index in [2.05, 4.69) is 6.92 Å². The fraction of sp³-hybridized carbons (Fsp3) is 0.900. The van der Waals surface area contributed by atoms with Gasteiger partial charge in [0.25, 0.3) is 0 Å². The van der Waals surface area contributed by atoms with Crippen LogP contribution in [-0.4, -0.2) is 25.3 Å². The summed E-state index contributed by atoms with van der Waals surface area (Å²) in [4.78, 5) is 11.0. The van der Waals surface area contributed by atoms with E-state index in [1.54, 1.807) is 0 Å². The quantitative estimate of drug-likeness (QED) is 0.484. The zero-order valence-corrected chi connectivity index (χ0v) is 8.41. The van der Waals surface area contributed by atoms with Crippen LogP contribution in [0.3, 0.4) is 0 Å². The number of hydrogen-bond acceptors (Lipinski definition) is 3. The van der Waals surface area contributed by atoms with Crippen molar-refractivity contribution in [1.82, 2.24) is 0 Å². The highest BCUT2D eigenvalue weighted by Gasteiger charge is 2.30. The first-order chi connectivity index (χ1) is 6.24. The van der Waals surface area contributed by atoms with Gasteiger partial charge in [0.15, 0.2) is 0 Å². The molecule has 13 heavy (non-hydrogen) atoms. The maximum absolute atomic E-state index is 11.0. The summed E-state index contributed by atoms with van der Waals surface area (Å²) < 4.78 is 10.5. The molecule has 0 bridgehead atoms. The molecular weight excluding hydrogens is 168 g/mol. The number of esters is 1. The summed E-state index contributed by atoms with van der Waals surface area (Å²) in [6.07, 6.45) is 3.03. The molecule has 0 radical (unpaired) electrons. The van der Waals surface area contributed by atoms with Gasteiger partial charge >= 0.3 is 5.97 Å². The number of carbonyl (C=O) groups is 1. The molecule has 3 heteroatoms. The third-order valence-corrected chi connectivity index (χ3v) is 2.25. The maximum atomic E-state index is 11.0. The Morgan fingerprint density at radius 2 is 2.38 bits per heavy atom. The van der Waals surface area contributed by atoms with Crippen molar-refractivity contribution in [2.45, 2.75) is 39.2 Å². The van der Waals surface area contributed by atoms with Crippen molar-refractivity contribution >= 4 is 5.97 Å². The lowest BCUT2D eigenvalue weighted by molar-refractivity contribution is -0.145. The molecule has 0 saturated carbocycles. The van der Waals surface area contributed by atoms with E-state index in [-0.39, 0.29) is 18.0 Å². The van der Waals surface area contributed by atoms with Gasteiger partial charge in [-0.15, -0.1) is 0 Å². The Kier molecular flexibility index (Phi) is 4.22. The summed E-state index contributed by atoms with van der Waals surface area (Å²) in [5, 5.41) is 0. The molecule has 0 spiro atoms. The van der Waals surface area contributed by atoms with Crippen LogP contribution in [0, 0.1) is 5.92 Å². The molecule has 1 saturated heterocycles. The molecule has 1 fully saturated rings. The number of ether oxygens (including phenoxy) is 2. The third-order valence-electron chi connectivity index (χ3n) is 2.25. The van der Waals surface area contributed by atoms with Gasteiger partial charge in [-0.05, 0) is 12.8 Å². The predicted octanol–water partition coefficient (Wildman–Crippen LogP) is 1.75. The van der Waals surface area contributed by atoms with Crippen LogP contribution in [0.2, 0.25) is 0 Å². The van der Waals surface area contributed by atoms with E-state index >= 15 is 0 Å². The Bertz CT molecular complexity index is 168. The number of rotatable bonds is 5. The van der Waals surface area contributed by atoms with Gasteiger partial charge in [0, 0.05) is 6.61 Å². The molecule has 0 aliphatic carbocycles. The molecule has 0 aromatic heterocycles. The van der Waals surface area contributed by atoms with Crippen LogP contribution in [0.5, 0.6) is 0 Å². The van der Waals surface area contributed by atoms with Crippen molar-refractivity contribution < 1.29 is 14.3 Å². The molecule has 76 valence electrons. The summed E-state index contributed by atoms with van der Waals surface area (Å²) in [6, 6.07) is 0. The molecule has 1 rings (SSSR count). The van der Waals surface area contributed by atoms with Gasteiger partial charge in [0.1, 0.15) is 6.10 Å². The zero-order valence-electron chi connectivity index (χ0n) is 8.41. The summed E-state index contributed by atoms with van der Waals surface area (Å²) in [5.41, 5.74) is 0. The van der Waals surface area contributed by atoms with Crippen molar-refractivity contribution in [1.29, 1.82) is 0 Å². The Labute approximate surface area is 79.4 Å². The van der Waals surface area contributed by atoms with Gasteiger partial charge in [0.05, 0.1) is 12.5 Å². The Morgan fingerprint density at radius 3 is 2.92 bits per heavy atom. The van der Waals surface area contributed by atoms with Crippen molar-refractivity contribution in [3.8, 4) is 0 Å². The maximum Gasteiger partial charge on any atom is 0.309 e. The first-order valence-electron chi connectivity index (χ1n) is 5.02. The minimum atomic E-state index is -0.0795. The van der Waals surface area contributed by atoms with Crippen molar-refractivity contribution in [2.24, 2.45) is 5.92 Å². The van der Waals surface area contributed by atoms with Gasteiger partial charge in [-0.3, -0.25) is 4.79 Å². The van der Waals surface area contributed by atoms with Gasteiger partial charge < -0.3 is 9.47 Å². The fourth-order valence-electron chi connectivity index (χ4n) is 1.38. The number of hydrogen-bond donors (Lipinski definition) is 0. The van der Waals surface area contributed by atoms with Crippen molar-refractivity contribution in [2.75, 3.05) is 13.2 Å². The summed E-state index contributed by atoms with van der Waals surface area (Å²) >= 11 is 0. The molecule has 1 aliphatic rings. The van der Waals surface area contributed by atoms with E-state index < -0.39 is 0 Å². The van der Waals surface area contributed by atoms with E-state index in [1.807, 2.05) is 6.92 Å². The van der Waals surface area contributed by atoms with Crippen molar-refractivity contribution in [3.05, 3.63) is 0 Å². The lowest BCUT2D eigenvalue weighted by Crippen LogP contribution is -2.15. The van der Waals surface area contributed by atoms with E-state index in [4.69, 9.17) is 9.47 Å². The third kappa shape index (κ3) is 3.35. The first kappa shape index (κ1) is 10.5. The van der Waals surface area contributed by atoms with Crippen LogP contribution in [0.25, 0.3) is 0 Å². The standard InChI is InChI=1S/C10H18O3/c1-3-4-5-12-7-9-6-8(2)10(11)13-9/h8-9H,3-7H2,1-2H3/t8-,9-/m0/s1. The van der Waals surface area contributed by atoms with Crippen LogP contribution in [0.1, 0.15) is 33.1 Å². The molecular formula is C10H18O3. The van der Waals surface area contributed by atoms with E-state index in [0.717, 1.165) is 25.9 Å². The smallest absolute Gasteiger partial charge is 0.309 e. The second-order valence-corrected chi connectivity index (χ2v) is 3.62. The molecule has 0 aromatic carbocycles. The van der Waals surface area contributed by atoms with E-state index in [0.29, 0.717) is 6.61 Å². The summed E-state index contributed by atoms with van der Waals surface area (Å²) in [5.74, 6) is -0.0242. The van der Waals surface area contributed by atoms with Gasteiger partial charge in [-0.2, -0.15) is 0 Å². The Balaban J connectivity index is 2.07. The van der Waals surface area contributed by atoms with Crippen LogP contribution in [0.15, 0.2) is 0 Å². The average Bonchev–Trinajstić information content (AvgIpc) is 2.41. The lowest BCUT2D eigenvalue weighted by Gasteiger charge is -2.08. The topological polar surface area (TPSA) is 35.5 Å². The molecule has 1 heterocycles. The minimum Gasteiger partial charge on any atom is -0.460 e. The van der Waals surface area contributed by atoms with Crippen LogP contribution >= 0.6 is 0 Å². The predicted molar refractivity (Wildman–Crippen MR) is 49.4 cm³/mol. The molecule has 0 N–H and O–H groups in total. The number of carbonyl (C=O) groups excluding carboxylic acids is 1. The SMILES string of the molecule is CCCCOC[C@@H]1C[C@H](C)C(=O)O1. The van der Waals surface area contributed by atoms with Gasteiger partial charge in [-0.1, -0.05) is 20.3 Å². The van der Waals surface area contributed by atoms with Crippen molar-refractivity contribution in [3.63, 3.8) is 0 Å². The molecule has 2 atom stereocenters. The second-order valence-electron chi connectivity index (χ2n) is 3.62. The molecule has 1 aliphatic heterocycles. The normalized spacial score (nSPS) is 27.7. The Morgan fingerprint density at radius 1 is 1.62 bits per heavy atom. The highest BCUT2D eigenvalue weighted by molar-refractivity contribution is 5.74. The highest BCUT2D eigenvalue weighted by Crippen LogP contribution is 2.20. The van der Waals surface area contributed by atoms with Crippen LogP contribution in [-0.2, 0) is 14.3 Å². The zero-order chi connectivity index (χ0) is 9.68. The number of unbranched alkanes of at least 4 members (excludes halogenated alkanes) is 1. The average molecular weight is 186 g/mol. The monoisotopic (exact) mass is 186 g/mol. The molecule has 3 nitrogen and oxygen atoms in total. The minimum absolute atomic E-state index is 0.000596. The first-order valence-corrected chi connectivity index (χ1v) is 5.02. The van der Waals surface area contributed by atoms with Crippen LogP contribution < -0.4 is 0 Å².